The first-order valence-corrected chi connectivity index (χ1v) is 7.35. The van der Waals surface area contributed by atoms with Gasteiger partial charge >= 0.3 is 0 Å². The van der Waals surface area contributed by atoms with Crippen molar-refractivity contribution in [1.29, 1.82) is 0 Å². The molecular formula is C15H13Cl2NOS. The number of carbonyl (C=O) groups is 1. The average molecular weight is 326 g/mol. The molecule has 0 saturated heterocycles. The molecule has 1 aliphatic carbocycles. The quantitative estimate of drug-likeness (QED) is 0.663. The predicted octanol–water partition coefficient (Wildman–Crippen LogP) is 3.44. The van der Waals surface area contributed by atoms with Crippen LogP contribution in [0.4, 0.5) is 0 Å². The number of terminal acetylenes is 1. The third-order valence-electron chi connectivity index (χ3n) is 3.29. The largest absolute Gasteiger partial charge is 0.350 e. The van der Waals surface area contributed by atoms with Crippen molar-refractivity contribution < 1.29 is 4.79 Å². The molecule has 2 rings (SSSR count). The van der Waals surface area contributed by atoms with Crippen molar-refractivity contribution in [2.45, 2.75) is 19.3 Å². The van der Waals surface area contributed by atoms with Crippen molar-refractivity contribution >= 4 is 46.2 Å². The highest BCUT2D eigenvalue weighted by Crippen LogP contribution is 2.44. The Morgan fingerprint density at radius 2 is 2.10 bits per heavy atom. The molecule has 0 spiro atoms. The van der Waals surface area contributed by atoms with Gasteiger partial charge in [0.1, 0.15) is 5.41 Å². The highest BCUT2D eigenvalue weighted by molar-refractivity contribution is 7.80. The standard InChI is InChI=1S/C15H13Cl2NOS/c1-2-15(5-6-15)14(19)18-9-11(20)7-10-3-4-12(16)13(17)8-10/h1,3-4,8H,5-7,9H2,(H,18,19). The van der Waals surface area contributed by atoms with Gasteiger partial charge in [-0.15, -0.1) is 6.42 Å². The Morgan fingerprint density at radius 1 is 1.40 bits per heavy atom. The van der Waals surface area contributed by atoms with E-state index < -0.39 is 5.41 Å². The summed E-state index contributed by atoms with van der Waals surface area (Å²) >= 11 is 17.1. The predicted molar refractivity (Wildman–Crippen MR) is 86.3 cm³/mol. The van der Waals surface area contributed by atoms with E-state index in [-0.39, 0.29) is 5.91 Å². The van der Waals surface area contributed by atoms with Crippen LogP contribution in [0.3, 0.4) is 0 Å². The summed E-state index contributed by atoms with van der Waals surface area (Å²) in [6.07, 6.45) is 7.44. The Hall–Kier alpha value is -1.08. The topological polar surface area (TPSA) is 29.1 Å². The summed E-state index contributed by atoms with van der Waals surface area (Å²) in [6, 6.07) is 5.38. The molecule has 0 atom stereocenters. The first-order chi connectivity index (χ1) is 9.47. The Balaban J connectivity index is 1.85. The molecule has 0 bridgehead atoms. The lowest BCUT2D eigenvalue weighted by molar-refractivity contribution is -0.124. The molecule has 1 aliphatic rings. The second-order valence-electron chi connectivity index (χ2n) is 4.87. The van der Waals surface area contributed by atoms with E-state index >= 15 is 0 Å². The first kappa shape index (κ1) is 15.3. The van der Waals surface area contributed by atoms with Gasteiger partial charge in [0, 0.05) is 17.8 Å². The molecule has 5 heteroatoms. The van der Waals surface area contributed by atoms with Gasteiger partial charge in [0.15, 0.2) is 0 Å². The molecule has 1 saturated carbocycles. The molecule has 1 aromatic rings. The van der Waals surface area contributed by atoms with Crippen LogP contribution in [0.2, 0.25) is 10.0 Å². The van der Waals surface area contributed by atoms with Gasteiger partial charge in [0.05, 0.1) is 10.0 Å². The summed E-state index contributed by atoms with van der Waals surface area (Å²) in [5.74, 6) is 2.45. The lowest BCUT2D eigenvalue weighted by Gasteiger charge is -2.10. The van der Waals surface area contributed by atoms with E-state index in [1.165, 1.54) is 0 Å². The van der Waals surface area contributed by atoms with Crippen molar-refractivity contribution in [3.8, 4) is 12.3 Å². The third kappa shape index (κ3) is 3.52. The summed E-state index contributed by atoms with van der Waals surface area (Å²) < 4.78 is 0. The normalized spacial score (nSPS) is 15.2. The molecule has 1 fully saturated rings. The maximum atomic E-state index is 11.9. The minimum Gasteiger partial charge on any atom is -0.350 e. The molecule has 1 aromatic carbocycles. The Labute approximate surface area is 133 Å². The maximum absolute atomic E-state index is 11.9. The van der Waals surface area contributed by atoms with Gasteiger partial charge in [-0.25, -0.2) is 0 Å². The SMILES string of the molecule is C#CC1(C(=O)NCC(=S)Cc2ccc(Cl)c(Cl)c2)CC1. The van der Waals surface area contributed by atoms with Crippen LogP contribution in [0.25, 0.3) is 0 Å². The fourth-order valence-corrected chi connectivity index (χ4v) is 2.41. The van der Waals surface area contributed by atoms with Crippen LogP contribution < -0.4 is 5.32 Å². The zero-order chi connectivity index (χ0) is 14.8. The summed E-state index contributed by atoms with van der Waals surface area (Å²) in [5.41, 5.74) is 0.385. The van der Waals surface area contributed by atoms with Crippen molar-refractivity contribution in [3.63, 3.8) is 0 Å². The Morgan fingerprint density at radius 3 is 2.65 bits per heavy atom. The zero-order valence-corrected chi connectivity index (χ0v) is 13.0. The smallest absolute Gasteiger partial charge is 0.238 e. The lowest BCUT2D eigenvalue weighted by atomic mass is 10.1. The number of rotatable bonds is 5. The maximum Gasteiger partial charge on any atom is 0.238 e. The van der Waals surface area contributed by atoms with E-state index in [1.807, 2.05) is 6.07 Å². The average Bonchev–Trinajstić information content (AvgIpc) is 3.21. The minimum absolute atomic E-state index is 0.100. The van der Waals surface area contributed by atoms with Crippen LogP contribution in [-0.2, 0) is 11.2 Å². The van der Waals surface area contributed by atoms with E-state index in [4.69, 9.17) is 41.8 Å². The van der Waals surface area contributed by atoms with E-state index in [0.717, 1.165) is 23.3 Å². The molecule has 1 N–H and O–H groups in total. The van der Waals surface area contributed by atoms with Crippen LogP contribution in [0.5, 0.6) is 0 Å². The summed E-state index contributed by atoms with van der Waals surface area (Å²) in [6.45, 7) is 0.345. The number of nitrogens with one attached hydrogen (secondary N) is 1. The first-order valence-electron chi connectivity index (χ1n) is 6.18. The number of thiocarbonyl (C=S) groups is 1. The van der Waals surface area contributed by atoms with Crippen LogP contribution in [0.15, 0.2) is 18.2 Å². The van der Waals surface area contributed by atoms with Gasteiger partial charge in [-0.3, -0.25) is 4.79 Å². The molecular weight excluding hydrogens is 313 g/mol. The second-order valence-corrected chi connectivity index (χ2v) is 6.26. The van der Waals surface area contributed by atoms with Crippen molar-refractivity contribution in [3.05, 3.63) is 33.8 Å². The zero-order valence-electron chi connectivity index (χ0n) is 10.7. The molecule has 20 heavy (non-hydrogen) atoms. The van der Waals surface area contributed by atoms with Crippen LogP contribution in [-0.4, -0.2) is 17.3 Å². The van der Waals surface area contributed by atoms with E-state index in [0.29, 0.717) is 23.0 Å². The third-order valence-corrected chi connectivity index (χ3v) is 4.32. The lowest BCUT2D eigenvalue weighted by Crippen LogP contribution is -2.35. The van der Waals surface area contributed by atoms with Crippen molar-refractivity contribution in [2.24, 2.45) is 5.41 Å². The number of amides is 1. The molecule has 104 valence electrons. The van der Waals surface area contributed by atoms with Gasteiger partial charge in [0.2, 0.25) is 5.91 Å². The highest BCUT2D eigenvalue weighted by atomic mass is 35.5. The molecule has 2 nitrogen and oxygen atoms in total. The second kappa shape index (κ2) is 6.13. The van der Waals surface area contributed by atoms with Gasteiger partial charge < -0.3 is 5.32 Å². The monoisotopic (exact) mass is 325 g/mol. The fraction of sp³-hybridized carbons (Fsp3) is 0.333. The summed E-state index contributed by atoms with van der Waals surface area (Å²) in [4.78, 5) is 12.6. The van der Waals surface area contributed by atoms with Crippen LogP contribution in [0.1, 0.15) is 18.4 Å². The van der Waals surface area contributed by atoms with E-state index in [9.17, 15) is 4.79 Å². The van der Waals surface area contributed by atoms with Crippen LogP contribution in [0, 0.1) is 17.8 Å². The molecule has 0 unspecified atom stereocenters. The van der Waals surface area contributed by atoms with Gasteiger partial charge in [0.25, 0.3) is 0 Å². The minimum atomic E-state index is -0.584. The number of carbonyl (C=O) groups excluding carboxylic acids is 1. The van der Waals surface area contributed by atoms with E-state index in [1.54, 1.807) is 12.1 Å². The number of benzene rings is 1. The number of hydrogen-bond donors (Lipinski definition) is 1. The molecule has 0 radical (unpaired) electrons. The number of hydrogen-bond acceptors (Lipinski definition) is 2. The molecule has 0 aliphatic heterocycles. The highest BCUT2D eigenvalue weighted by Gasteiger charge is 2.48. The molecule has 0 aromatic heterocycles. The van der Waals surface area contributed by atoms with Crippen LogP contribution >= 0.6 is 35.4 Å². The number of halogens is 2. The molecule has 0 heterocycles. The van der Waals surface area contributed by atoms with Gasteiger partial charge in [-0.1, -0.05) is 47.4 Å². The van der Waals surface area contributed by atoms with Gasteiger partial charge in [-0.2, -0.15) is 0 Å². The summed E-state index contributed by atoms with van der Waals surface area (Å²) in [5, 5.41) is 3.81. The van der Waals surface area contributed by atoms with Gasteiger partial charge in [-0.05, 0) is 30.5 Å². The Kier molecular flexibility index (Phi) is 4.70. The molecule has 1 amide bonds. The van der Waals surface area contributed by atoms with Crippen molar-refractivity contribution in [2.75, 3.05) is 6.54 Å². The van der Waals surface area contributed by atoms with E-state index in [2.05, 4.69) is 11.2 Å². The fourth-order valence-electron chi connectivity index (χ4n) is 1.85. The van der Waals surface area contributed by atoms with Crippen molar-refractivity contribution in [1.82, 2.24) is 5.32 Å². The Bertz CT molecular complexity index is 602. The summed E-state index contributed by atoms with van der Waals surface area (Å²) in [7, 11) is 0.